The van der Waals surface area contributed by atoms with Gasteiger partial charge < -0.3 is 14.6 Å². The normalized spacial score (nSPS) is 15.0. The van der Waals surface area contributed by atoms with Gasteiger partial charge in [0.2, 0.25) is 0 Å². The van der Waals surface area contributed by atoms with Crippen LogP contribution in [0.3, 0.4) is 0 Å². The molecule has 1 amide bonds. The number of carbonyl (C=O) groups excluding carboxylic acids is 1. The summed E-state index contributed by atoms with van der Waals surface area (Å²) in [4.78, 5) is 13.5. The molecule has 1 aromatic heterocycles. The molecule has 146 valence electrons. The van der Waals surface area contributed by atoms with Gasteiger partial charge in [-0.15, -0.1) is 11.8 Å². The quantitative estimate of drug-likeness (QED) is 0.496. The summed E-state index contributed by atoms with van der Waals surface area (Å²) in [7, 11) is 0. The van der Waals surface area contributed by atoms with E-state index in [-0.39, 0.29) is 5.91 Å². The first-order chi connectivity index (χ1) is 13.2. The van der Waals surface area contributed by atoms with Crippen LogP contribution < -0.4 is 5.32 Å². The van der Waals surface area contributed by atoms with Gasteiger partial charge in [0, 0.05) is 24.1 Å². The molecule has 1 aromatic carbocycles. The lowest BCUT2D eigenvalue weighted by atomic mass is 9.98. The van der Waals surface area contributed by atoms with Crippen LogP contribution in [0, 0.1) is 6.92 Å². The standard InChI is InChI=1S/C21H28N2O3S/c1-16-14-18(26-23-16)15-27-20-11-6-5-10-19(20)21(24)22-12-7-13-25-17-8-3-2-4-9-17/h5-6,10-11,14,17H,2-4,7-9,12-13,15H2,1H3,(H,22,24). The third-order valence-corrected chi connectivity index (χ3v) is 5.79. The summed E-state index contributed by atoms with van der Waals surface area (Å²) in [6.45, 7) is 3.25. The van der Waals surface area contributed by atoms with Crippen LogP contribution in [0.25, 0.3) is 0 Å². The van der Waals surface area contributed by atoms with Gasteiger partial charge in [0.25, 0.3) is 5.91 Å². The zero-order valence-corrected chi connectivity index (χ0v) is 16.7. The summed E-state index contributed by atoms with van der Waals surface area (Å²) < 4.78 is 11.2. The molecule has 0 spiro atoms. The molecular weight excluding hydrogens is 360 g/mol. The van der Waals surface area contributed by atoms with Gasteiger partial charge in [0.15, 0.2) is 0 Å². The van der Waals surface area contributed by atoms with Crippen LogP contribution in [0.15, 0.2) is 39.8 Å². The zero-order valence-electron chi connectivity index (χ0n) is 15.9. The Labute approximate surface area is 165 Å². The summed E-state index contributed by atoms with van der Waals surface area (Å²) >= 11 is 1.59. The van der Waals surface area contributed by atoms with E-state index in [0.717, 1.165) is 22.8 Å². The van der Waals surface area contributed by atoms with E-state index in [2.05, 4.69) is 10.5 Å². The molecule has 0 atom stereocenters. The van der Waals surface area contributed by atoms with Gasteiger partial charge in [-0.05, 0) is 38.3 Å². The molecule has 1 heterocycles. The molecule has 5 nitrogen and oxygen atoms in total. The van der Waals surface area contributed by atoms with Gasteiger partial charge in [0.05, 0.1) is 23.1 Å². The number of nitrogens with one attached hydrogen (secondary N) is 1. The second kappa shape index (κ2) is 10.5. The van der Waals surface area contributed by atoms with E-state index in [1.54, 1.807) is 11.8 Å². The zero-order chi connectivity index (χ0) is 18.9. The highest BCUT2D eigenvalue weighted by molar-refractivity contribution is 7.98. The molecule has 0 bridgehead atoms. The largest absolute Gasteiger partial charge is 0.378 e. The first kappa shape index (κ1) is 20.0. The van der Waals surface area contributed by atoms with E-state index in [0.29, 0.717) is 30.6 Å². The summed E-state index contributed by atoms with van der Waals surface area (Å²) in [6.07, 6.45) is 7.53. The third kappa shape index (κ3) is 6.40. The number of aromatic nitrogens is 1. The summed E-state index contributed by atoms with van der Waals surface area (Å²) in [5, 5.41) is 6.91. The second-order valence-electron chi connectivity index (χ2n) is 6.96. The molecular formula is C21H28N2O3S. The average Bonchev–Trinajstić information content (AvgIpc) is 3.12. The van der Waals surface area contributed by atoms with E-state index in [1.165, 1.54) is 32.1 Å². The number of rotatable bonds is 9. The van der Waals surface area contributed by atoms with Gasteiger partial charge in [-0.3, -0.25) is 4.79 Å². The van der Waals surface area contributed by atoms with Crippen molar-refractivity contribution in [1.29, 1.82) is 0 Å². The second-order valence-corrected chi connectivity index (χ2v) is 7.98. The molecule has 1 saturated carbocycles. The van der Waals surface area contributed by atoms with E-state index in [9.17, 15) is 4.79 Å². The Kier molecular flexibility index (Phi) is 7.78. The van der Waals surface area contributed by atoms with Crippen molar-refractivity contribution in [3.05, 3.63) is 47.3 Å². The first-order valence-electron chi connectivity index (χ1n) is 9.76. The topological polar surface area (TPSA) is 64.4 Å². The first-order valence-corrected chi connectivity index (χ1v) is 10.7. The Morgan fingerprint density at radius 3 is 2.89 bits per heavy atom. The molecule has 1 fully saturated rings. The molecule has 27 heavy (non-hydrogen) atoms. The minimum absolute atomic E-state index is 0.0375. The SMILES string of the molecule is Cc1cc(CSc2ccccc2C(=O)NCCCOC2CCCCC2)on1. The molecule has 1 aliphatic carbocycles. The van der Waals surface area contributed by atoms with Crippen LogP contribution in [0.5, 0.6) is 0 Å². The maximum atomic E-state index is 12.5. The Bertz CT molecular complexity index is 726. The molecule has 0 saturated heterocycles. The van der Waals surface area contributed by atoms with Crippen molar-refractivity contribution >= 4 is 17.7 Å². The van der Waals surface area contributed by atoms with Gasteiger partial charge in [-0.25, -0.2) is 0 Å². The monoisotopic (exact) mass is 388 g/mol. The molecule has 0 unspecified atom stereocenters. The summed E-state index contributed by atoms with van der Waals surface area (Å²) in [6, 6.07) is 9.59. The predicted molar refractivity (Wildman–Crippen MR) is 107 cm³/mol. The van der Waals surface area contributed by atoms with E-state index < -0.39 is 0 Å². The van der Waals surface area contributed by atoms with Crippen molar-refractivity contribution in [2.75, 3.05) is 13.2 Å². The fourth-order valence-corrected chi connectivity index (χ4v) is 4.19. The number of nitrogens with zero attached hydrogens (tertiary/aromatic N) is 1. The lowest BCUT2D eigenvalue weighted by Crippen LogP contribution is -2.26. The summed E-state index contributed by atoms with van der Waals surface area (Å²) in [5.74, 6) is 1.43. The van der Waals surface area contributed by atoms with Gasteiger partial charge in [-0.2, -0.15) is 0 Å². The van der Waals surface area contributed by atoms with Crippen molar-refractivity contribution in [1.82, 2.24) is 10.5 Å². The number of hydrogen-bond donors (Lipinski definition) is 1. The number of ether oxygens (including phenoxy) is 1. The van der Waals surface area contributed by atoms with Crippen LogP contribution in [-0.4, -0.2) is 30.3 Å². The van der Waals surface area contributed by atoms with Gasteiger partial charge in [0.1, 0.15) is 5.76 Å². The fraction of sp³-hybridized carbons (Fsp3) is 0.524. The van der Waals surface area contributed by atoms with Gasteiger partial charge >= 0.3 is 0 Å². The van der Waals surface area contributed by atoms with Crippen LogP contribution >= 0.6 is 11.8 Å². The maximum absolute atomic E-state index is 12.5. The molecule has 1 aliphatic rings. The minimum atomic E-state index is -0.0375. The van der Waals surface area contributed by atoms with E-state index in [4.69, 9.17) is 9.26 Å². The van der Waals surface area contributed by atoms with E-state index in [1.807, 2.05) is 37.3 Å². The van der Waals surface area contributed by atoms with Crippen LogP contribution in [-0.2, 0) is 10.5 Å². The highest BCUT2D eigenvalue weighted by atomic mass is 32.2. The molecule has 0 radical (unpaired) electrons. The van der Waals surface area contributed by atoms with Crippen LogP contribution in [0.1, 0.15) is 60.3 Å². The smallest absolute Gasteiger partial charge is 0.252 e. The Hall–Kier alpha value is -1.79. The molecule has 3 rings (SSSR count). The van der Waals surface area contributed by atoms with Crippen molar-refractivity contribution in [2.45, 2.75) is 62.2 Å². The summed E-state index contributed by atoms with van der Waals surface area (Å²) in [5.41, 5.74) is 1.57. The number of thioether (sulfide) groups is 1. The minimum Gasteiger partial charge on any atom is -0.378 e. The van der Waals surface area contributed by atoms with E-state index >= 15 is 0 Å². The van der Waals surface area contributed by atoms with Crippen molar-refractivity contribution in [3.63, 3.8) is 0 Å². The third-order valence-electron chi connectivity index (χ3n) is 4.69. The van der Waals surface area contributed by atoms with Crippen molar-refractivity contribution < 1.29 is 14.1 Å². The maximum Gasteiger partial charge on any atom is 0.252 e. The Morgan fingerprint density at radius 2 is 2.11 bits per heavy atom. The average molecular weight is 389 g/mol. The van der Waals surface area contributed by atoms with Crippen LogP contribution in [0.2, 0.25) is 0 Å². The van der Waals surface area contributed by atoms with Crippen molar-refractivity contribution in [3.8, 4) is 0 Å². The Morgan fingerprint density at radius 1 is 1.30 bits per heavy atom. The number of aryl methyl sites for hydroxylation is 1. The molecule has 2 aromatic rings. The van der Waals surface area contributed by atoms with Crippen LogP contribution in [0.4, 0.5) is 0 Å². The highest BCUT2D eigenvalue weighted by Crippen LogP contribution is 2.26. The number of hydrogen-bond acceptors (Lipinski definition) is 5. The number of benzene rings is 1. The van der Waals surface area contributed by atoms with Gasteiger partial charge in [-0.1, -0.05) is 36.6 Å². The molecule has 0 aliphatic heterocycles. The molecule has 1 N–H and O–H groups in total. The fourth-order valence-electron chi connectivity index (χ4n) is 3.26. The lowest BCUT2D eigenvalue weighted by Gasteiger charge is -2.21. The molecule has 6 heteroatoms. The number of carbonyl (C=O) groups is 1. The van der Waals surface area contributed by atoms with Crippen molar-refractivity contribution in [2.24, 2.45) is 0 Å². The highest BCUT2D eigenvalue weighted by Gasteiger charge is 2.14. The lowest BCUT2D eigenvalue weighted by molar-refractivity contribution is 0.0273. The predicted octanol–water partition coefficient (Wildman–Crippen LogP) is 4.74. The number of amides is 1. The Balaban J connectivity index is 1.42.